The van der Waals surface area contributed by atoms with Crippen LogP contribution in [0.2, 0.25) is 5.02 Å². The summed E-state index contributed by atoms with van der Waals surface area (Å²) < 4.78 is 23.5. The highest BCUT2D eigenvalue weighted by Crippen LogP contribution is 2.37. The smallest absolute Gasteiger partial charge is 0.326 e. The Morgan fingerprint density at radius 1 is 1.05 bits per heavy atom. The van der Waals surface area contributed by atoms with Gasteiger partial charge in [0.05, 0.1) is 18.2 Å². The third-order valence-electron chi connectivity index (χ3n) is 7.09. The minimum absolute atomic E-state index is 0.0505. The summed E-state index contributed by atoms with van der Waals surface area (Å²) in [5.41, 5.74) is 3.11. The van der Waals surface area contributed by atoms with Gasteiger partial charge in [-0.3, -0.25) is 10.1 Å². The van der Waals surface area contributed by atoms with Crippen LogP contribution in [0.1, 0.15) is 30.5 Å². The number of aliphatic hydroxyl groups is 2. The van der Waals surface area contributed by atoms with Gasteiger partial charge in [0.25, 0.3) is 0 Å². The van der Waals surface area contributed by atoms with E-state index in [1.807, 2.05) is 50.2 Å². The molecule has 1 aliphatic rings. The Bertz CT molecular complexity index is 1380. The third kappa shape index (κ3) is 7.23. The fourth-order valence-electron chi connectivity index (χ4n) is 4.25. The van der Waals surface area contributed by atoms with E-state index in [1.54, 1.807) is 12.1 Å². The Kier molecular flexibility index (Phi) is 9.99. The molecular weight excluding hydrogens is 550 g/mol. The number of hydrogen-bond donors (Lipinski definition) is 4. The van der Waals surface area contributed by atoms with Crippen LogP contribution in [0.5, 0.6) is 23.0 Å². The molecule has 4 rings (SSSR count). The fraction of sp³-hybridized carbons (Fsp3) is 0.387. The summed E-state index contributed by atoms with van der Waals surface area (Å²) >= 11 is 6.60. The van der Waals surface area contributed by atoms with Gasteiger partial charge in [-0.2, -0.15) is 0 Å². The predicted molar refractivity (Wildman–Crippen MR) is 155 cm³/mol. The van der Waals surface area contributed by atoms with E-state index in [0.29, 0.717) is 35.3 Å². The van der Waals surface area contributed by atoms with Crippen molar-refractivity contribution < 1.29 is 39.1 Å². The van der Waals surface area contributed by atoms with Crippen LogP contribution in [-0.4, -0.2) is 59.9 Å². The van der Waals surface area contributed by atoms with Crippen molar-refractivity contribution in [2.45, 2.75) is 39.5 Å². The molecule has 0 bridgehead atoms. The van der Waals surface area contributed by atoms with Crippen LogP contribution in [0, 0.1) is 12.8 Å². The molecule has 0 fully saturated rings. The predicted octanol–water partition coefficient (Wildman–Crippen LogP) is 4.60. The first kappa shape index (κ1) is 30.5. The average Bonchev–Trinajstić information content (AvgIpc) is 2.98. The van der Waals surface area contributed by atoms with Crippen LogP contribution in [0.25, 0.3) is 11.1 Å². The highest BCUT2D eigenvalue weighted by atomic mass is 35.5. The molecule has 41 heavy (non-hydrogen) atoms. The fourth-order valence-corrected chi connectivity index (χ4v) is 4.49. The van der Waals surface area contributed by atoms with Crippen molar-refractivity contribution in [2.24, 2.45) is 5.92 Å². The molecule has 1 aliphatic heterocycles. The minimum Gasteiger partial charge on any atom is -0.493 e. The normalized spacial score (nSPS) is 14.7. The Balaban J connectivity index is 1.56. The minimum atomic E-state index is -1.54. The van der Waals surface area contributed by atoms with Gasteiger partial charge in [0, 0.05) is 30.7 Å². The summed E-state index contributed by atoms with van der Waals surface area (Å²) in [6.07, 6.45) is 0. The van der Waals surface area contributed by atoms with Crippen molar-refractivity contribution in [3.05, 3.63) is 70.2 Å². The van der Waals surface area contributed by atoms with Gasteiger partial charge in [0.2, 0.25) is 0 Å². The van der Waals surface area contributed by atoms with E-state index in [4.69, 9.17) is 30.5 Å². The molecule has 0 amide bonds. The number of carboxylic acid groups (broad SMARTS) is 1. The standard InChI is InChI=1S/C31H36ClNO8/c1-19(15-34)16-40-27-13-28(25(32)11-23(27)14-33-31(3,18-35)30(36)37)41-17-22-5-4-6-24(20(22)2)21-7-8-26-29(12-21)39-10-9-38-26/h4-8,11-13,19,33-35H,9-10,14-18H2,1-3H3,(H,36,37)/t19-,31+/m0/s1. The molecular formula is C31H36ClNO8. The van der Waals surface area contributed by atoms with Crippen molar-refractivity contribution in [3.8, 4) is 34.1 Å². The van der Waals surface area contributed by atoms with Gasteiger partial charge >= 0.3 is 5.97 Å². The zero-order chi connectivity index (χ0) is 29.6. The largest absolute Gasteiger partial charge is 0.493 e. The van der Waals surface area contributed by atoms with E-state index in [0.717, 1.165) is 33.8 Å². The number of nitrogens with one attached hydrogen (secondary N) is 1. The summed E-state index contributed by atoms with van der Waals surface area (Å²) in [5.74, 6) is 0.987. The van der Waals surface area contributed by atoms with Crippen molar-refractivity contribution in [2.75, 3.05) is 33.0 Å². The number of aliphatic carboxylic acids is 1. The lowest BCUT2D eigenvalue weighted by Crippen LogP contribution is -2.52. The highest BCUT2D eigenvalue weighted by Gasteiger charge is 2.32. The molecule has 1 heterocycles. The highest BCUT2D eigenvalue weighted by molar-refractivity contribution is 6.32. The lowest BCUT2D eigenvalue weighted by Gasteiger charge is -2.25. The number of aliphatic hydroxyl groups excluding tert-OH is 2. The molecule has 0 unspecified atom stereocenters. The van der Waals surface area contributed by atoms with Crippen LogP contribution in [0.4, 0.5) is 0 Å². The molecule has 4 N–H and O–H groups in total. The Labute approximate surface area is 244 Å². The molecule has 220 valence electrons. The maximum Gasteiger partial charge on any atom is 0.326 e. The molecule has 3 aromatic carbocycles. The van der Waals surface area contributed by atoms with Crippen molar-refractivity contribution in [1.29, 1.82) is 0 Å². The first-order valence-electron chi connectivity index (χ1n) is 13.4. The van der Waals surface area contributed by atoms with E-state index in [2.05, 4.69) is 5.32 Å². The second kappa shape index (κ2) is 13.4. The molecule has 0 aliphatic carbocycles. The number of ether oxygens (including phenoxy) is 4. The van der Waals surface area contributed by atoms with Gasteiger partial charge in [-0.15, -0.1) is 0 Å². The van der Waals surface area contributed by atoms with Gasteiger partial charge in [0.1, 0.15) is 36.9 Å². The number of rotatable bonds is 13. The van der Waals surface area contributed by atoms with Crippen molar-refractivity contribution in [3.63, 3.8) is 0 Å². The molecule has 9 nitrogen and oxygen atoms in total. The monoisotopic (exact) mass is 585 g/mol. The van der Waals surface area contributed by atoms with E-state index in [1.165, 1.54) is 6.92 Å². The summed E-state index contributed by atoms with van der Waals surface area (Å²) in [4.78, 5) is 11.6. The lowest BCUT2D eigenvalue weighted by molar-refractivity contribution is -0.145. The van der Waals surface area contributed by atoms with Gasteiger partial charge in [0.15, 0.2) is 11.5 Å². The Morgan fingerprint density at radius 2 is 1.80 bits per heavy atom. The average molecular weight is 586 g/mol. The summed E-state index contributed by atoms with van der Waals surface area (Å²) in [6.45, 7) is 6.23. The maximum atomic E-state index is 11.6. The van der Waals surface area contributed by atoms with E-state index < -0.39 is 18.1 Å². The molecule has 3 aromatic rings. The van der Waals surface area contributed by atoms with E-state index >= 15 is 0 Å². The van der Waals surface area contributed by atoms with Crippen LogP contribution >= 0.6 is 11.6 Å². The summed E-state index contributed by atoms with van der Waals surface area (Å²) in [6, 6.07) is 15.2. The number of hydrogen-bond acceptors (Lipinski definition) is 8. The molecule has 0 spiro atoms. The molecule has 2 atom stereocenters. The topological polar surface area (TPSA) is 127 Å². The van der Waals surface area contributed by atoms with Crippen LogP contribution in [0.3, 0.4) is 0 Å². The molecule has 10 heteroatoms. The van der Waals surface area contributed by atoms with Crippen molar-refractivity contribution in [1.82, 2.24) is 5.32 Å². The zero-order valence-corrected chi connectivity index (χ0v) is 24.2. The molecule has 0 aromatic heterocycles. The zero-order valence-electron chi connectivity index (χ0n) is 23.4. The second-order valence-corrected chi connectivity index (χ2v) is 10.8. The second-order valence-electron chi connectivity index (χ2n) is 10.4. The van der Waals surface area contributed by atoms with E-state index in [9.17, 15) is 20.1 Å². The van der Waals surface area contributed by atoms with Gasteiger partial charge in [-0.05, 0) is 54.3 Å². The Morgan fingerprint density at radius 3 is 2.51 bits per heavy atom. The number of fused-ring (bicyclic) bond motifs is 1. The number of halogens is 1. The number of benzene rings is 3. The molecule has 0 saturated heterocycles. The third-order valence-corrected chi connectivity index (χ3v) is 7.39. The number of carboxylic acids is 1. The Hall–Kier alpha value is -3.50. The lowest BCUT2D eigenvalue weighted by atomic mass is 9.96. The van der Waals surface area contributed by atoms with Crippen molar-refractivity contribution >= 4 is 17.6 Å². The molecule has 0 radical (unpaired) electrons. The van der Waals surface area contributed by atoms with Gasteiger partial charge < -0.3 is 34.3 Å². The van der Waals surface area contributed by atoms with E-state index in [-0.39, 0.29) is 32.3 Å². The summed E-state index contributed by atoms with van der Waals surface area (Å²) in [7, 11) is 0. The van der Waals surface area contributed by atoms with Crippen LogP contribution in [0.15, 0.2) is 48.5 Å². The SMILES string of the molecule is Cc1c(COc2cc(OC[C@@H](C)CO)c(CN[C@](C)(CO)C(=O)O)cc2Cl)cccc1-c1ccc2c(c1)OCCO2. The van der Waals surface area contributed by atoms with Crippen LogP contribution in [-0.2, 0) is 17.9 Å². The first-order valence-corrected chi connectivity index (χ1v) is 13.8. The van der Waals surface area contributed by atoms with Gasteiger partial charge in [-0.1, -0.05) is 42.8 Å². The maximum absolute atomic E-state index is 11.6. The van der Waals surface area contributed by atoms with Crippen LogP contribution < -0.4 is 24.3 Å². The first-order chi connectivity index (χ1) is 19.6. The summed E-state index contributed by atoms with van der Waals surface area (Å²) in [5, 5.41) is 31.7. The quantitative estimate of drug-likeness (QED) is 0.228. The van der Waals surface area contributed by atoms with Gasteiger partial charge in [-0.25, -0.2) is 0 Å². The number of carbonyl (C=O) groups is 1. The molecule has 0 saturated carbocycles.